The van der Waals surface area contributed by atoms with Crippen molar-refractivity contribution >= 4 is 11.9 Å². The Balaban J connectivity index is 2.40. The number of nitrogens with one attached hydrogen (secondary N) is 1. The van der Waals surface area contributed by atoms with Crippen molar-refractivity contribution in [3.8, 4) is 5.69 Å². The predicted molar refractivity (Wildman–Crippen MR) is 77.9 cm³/mol. The molecule has 0 atom stereocenters. The first-order valence-corrected chi connectivity index (χ1v) is 6.92. The van der Waals surface area contributed by atoms with E-state index in [4.69, 9.17) is 5.11 Å². The fraction of sp³-hybridized carbons (Fsp3) is 0.267. The van der Waals surface area contributed by atoms with Crippen LogP contribution in [0.5, 0.6) is 0 Å². The molecule has 1 aromatic carbocycles. The predicted octanol–water partition coefficient (Wildman–Crippen LogP) is 2.40. The summed E-state index contributed by atoms with van der Waals surface area (Å²) < 4.78 is 40.9. The molecule has 0 unspecified atom stereocenters. The second-order valence-electron chi connectivity index (χ2n) is 5.06. The number of nitrogens with zero attached hydrogens (tertiary/aromatic N) is 2. The van der Waals surface area contributed by atoms with Crippen molar-refractivity contribution in [2.75, 3.05) is 6.54 Å². The highest BCUT2D eigenvalue weighted by molar-refractivity contribution is 5.95. The lowest BCUT2D eigenvalue weighted by atomic mass is 10.2. The molecule has 9 heteroatoms. The van der Waals surface area contributed by atoms with E-state index in [2.05, 4.69) is 10.4 Å². The molecule has 6 nitrogen and oxygen atoms in total. The molecule has 1 heterocycles. The molecule has 0 saturated carbocycles. The van der Waals surface area contributed by atoms with E-state index in [1.54, 1.807) is 19.1 Å². The minimum Gasteiger partial charge on any atom is -0.481 e. The van der Waals surface area contributed by atoms with Gasteiger partial charge >= 0.3 is 12.1 Å². The number of alkyl halides is 3. The summed E-state index contributed by atoms with van der Waals surface area (Å²) in [6.07, 6.45) is -4.37. The third-order valence-electron chi connectivity index (χ3n) is 3.15. The quantitative estimate of drug-likeness (QED) is 0.875. The maximum Gasteiger partial charge on any atom is 0.434 e. The van der Waals surface area contributed by atoms with Crippen LogP contribution in [0.25, 0.3) is 5.69 Å². The summed E-state index contributed by atoms with van der Waals surface area (Å²) in [4.78, 5) is 22.4. The fourth-order valence-electron chi connectivity index (χ4n) is 2.12. The summed E-state index contributed by atoms with van der Waals surface area (Å²) in [5.74, 6) is -2.19. The van der Waals surface area contributed by atoms with Crippen LogP contribution in [-0.4, -0.2) is 33.3 Å². The van der Waals surface area contributed by atoms with Crippen LogP contribution in [0.4, 0.5) is 13.2 Å². The molecule has 1 aromatic heterocycles. The Hall–Kier alpha value is -2.84. The largest absolute Gasteiger partial charge is 0.481 e. The Bertz CT molecular complexity index is 769. The number of aliphatic carboxylic acids is 1. The van der Waals surface area contributed by atoms with Crippen LogP contribution in [0, 0.1) is 6.92 Å². The lowest BCUT2D eigenvalue weighted by Crippen LogP contribution is -2.28. The number of carbonyl (C=O) groups is 2. The molecule has 0 aliphatic carbocycles. The molecular formula is C15H14F3N3O3. The van der Waals surface area contributed by atoms with E-state index in [-0.39, 0.29) is 18.7 Å². The summed E-state index contributed by atoms with van der Waals surface area (Å²) in [7, 11) is 0. The molecule has 0 aliphatic heterocycles. The van der Waals surface area contributed by atoms with E-state index < -0.39 is 29.3 Å². The molecular weight excluding hydrogens is 327 g/mol. The van der Waals surface area contributed by atoms with E-state index in [1.807, 2.05) is 0 Å². The lowest BCUT2D eigenvalue weighted by molar-refractivity contribution is -0.143. The van der Waals surface area contributed by atoms with Gasteiger partial charge in [0.05, 0.1) is 23.9 Å². The van der Waals surface area contributed by atoms with Gasteiger partial charge in [-0.2, -0.15) is 18.3 Å². The Morgan fingerprint density at radius 3 is 2.62 bits per heavy atom. The standard InChI is InChI=1S/C15H14F3N3O3/c1-9-3-2-4-10(7-9)21-13(15(16,17)18)11(8-20-21)14(24)19-6-5-12(22)23/h2-4,7-8H,5-6H2,1H3,(H,19,24)(H,22,23). The molecule has 2 N–H and O–H groups in total. The van der Waals surface area contributed by atoms with Crippen molar-refractivity contribution in [2.45, 2.75) is 19.5 Å². The van der Waals surface area contributed by atoms with Gasteiger partial charge in [-0.25, -0.2) is 4.68 Å². The zero-order valence-corrected chi connectivity index (χ0v) is 12.6. The lowest BCUT2D eigenvalue weighted by Gasteiger charge is -2.13. The average Bonchev–Trinajstić information content (AvgIpc) is 2.91. The van der Waals surface area contributed by atoms with E-state index in [9.17, 15) is 22.8 Å². The number of carbonyl (C=O) groups excluding carboxylic acids is 1. The van der Waals surface area contributed by atoms with Crippen molar-refractivity contribution in [2.24, 2.45) is 0 Å². The smallest absolute Gasteiger partial charge is 0.434 e. The molecule has 128 valence electrons. The molecule has 24 heavy (non-hydrogen) atoms. The number of amides is 1. The molecule has 0 bridgehead atoms. The van der Waals surface area contributed by atoms with Gasteiger partial charge in [0.1, 0.15) is 0 Å². The second-order valence-corrected chi connectivity index (χ2v) is 5.06. The van der Waals surface area contributed by atoms with Crippen molar-refractivity contribution in [3.05, 3.63) is 47.3 Å². The van der Waals surface area contributed by atoms with Gasteiger partial charge in [-0.1, -0.05) is 12.1 Å². The van der Waals surface area contributed by atoms with Gasteiger partial charge in [0.25, 0.3) is 5.91 Å². The summed E-state index contributed by atoms with van der Waals surface area (Å²) in [6.45, 7) is 1.45. The van der Waals surface area contributed by atoms with Gasteiger partial charge < -0.3 is 10.4 Å². The summed E-state index contributed by atoms with van der Waals surface area (Å²) in [6, 6.07) is 6.26. The maximum absolute atomic E-state index is 13.4. The average molecular weight is 341 g/mol. The van der Waals surface area contributed by atoms with Gasteiger partial charge in [0.2, 0.25) is 0 Å². The molecule has 1 amide bonds. The van der Waals surface area contributed by atoms with Crippen LogP contribution in [0.15, 0.2) is 30.5 Å². The number of aryl methyl sites for hydroxylation is 1. The van der Waals surface area contributed by atoms with Crippen LogP contribution in [0.2, 0.25) is 0 Å². The molecule has 0 fully saturated rings. The topological polar surface area (TPSA) is 84.2 Å². The summed E-state index contributed by atoms with van der Waals surface area (Å²) >= 11 is 0. The van der Waals surface area contributed by atoms with Gasteiger partial charge in [0.15, 0.2) is 5.69 Å². The van der Waals surface area contributed by atoms with Crippen LogP contribution in [-0.2, 0) is 11.0 Å². The van der Waals surface area contributed by atoms with Crippen LogP contribution in [0.1, 0.15) is 28.0 Å². The van der Waals surface area contributed by atoms with Crippen LogP contribution in [0.3, 0.4) is 0 Å². The highest BCUT2D eigenvalue weighted by Gasteiger charge is 2.40. The first-order valence-electron chi connectivity index (χ1n) is 6.92. The first-order chi connectivity index (χ1) is 11.2. The Labute approximate surface area is 134 Å². The first kappa shape index (κ1) is 17.5. The summed E-state index contributed by atoms with van der Waals surface area (Å²) in [5, 5.41) is 14.3. The molecule has 2 aromatic rings. The van der Waals surface area contributed by atoms with Crippen LogP contribution >= 0.6 is 0 Å². The van der Waals surface area contributed by atoms with Gasteiger partial charge in [0, 0.05) is 6.54 Å². The Morgan fingerprint density at radius 2 is 2.04 bits per heavy atom. The Kier molecular flexibility index (Phi) is 4.91. The van der Waals surface area contributed by atoms with E-state index >= 15 is 0 Å². The van der Waals surface area contributed by atoms with Gasteiger partial charge in [-0.15, -0.1) is 0 Å². The third kappa shape index (κ3) is 3.92. The van der Waals surface area contributed by atoms with E-state index in [0.29, 0.717) is 4.68 Å². The molecule has 0 saturated heterocycles. The monoisotopic (exact) mass is 341 g/mol. The summed E-state index contributed by atoms with van der Waals surface area (Å²) in [5.41, 5.74) is -0.953. The normalized spacial score (nSPS) is 11.3. The van der Waals surface area contributed by atoms with Crippen molar-refractivity contribution in [1.29, 1.82) is 0 Å². The third-order valence-corrected chi connectivity index (χ3v) is 3.15. The minimum atomic E-state index is -4.81. The molecule has 0 radical (unpaired) electrons. The Morgan fingerprint density at radius 1 is 1.33 bits per heavy atom. The zero-order chi connectivity index (χ0) is 17.9. The number of hydrogen-bond acceptors (Lipinski definition) is 3. The van der Waals surface area contributed by atoms with E-state index in [0.717, 1.165) is 11.8 Å². The van der Waals surface area contributed by atoms with Crippen molar-refractivity contribution in [1.82, 2.24) is 15.1 Å². The molecule has 0 spiro atoms. The fourth-order valence-corrected chi connectivity index (χ4v) is 2.12. The maximum atomic E-state index is 13.4. The highest BCUT2D eigenvalue weighted by Crippen LogP contribution is 2.33. The highest BCUT2D eigenvalue weighted by atomic mass is 19.4. The second kappa shape index (κ2) is 6.73. The van der Waals surface area contributed by atoms with Crippen molar-refractivity contribution in [3.63, 3.8) is 0 Å². The van der Waals surface area contributed by atoms with Gasteiger partial charge in [-0.3, -0.25) is 9.59 Å². The van der Waals surface area contributed by atoms with Crippen molar-refractivity contribution < 1.29 is 27.9 Å². The molecule has 2 rings (SSSR count). The number of benzene rings is 1. The number of halogens is 3. The minimum absolute atomic E-state index is 0.173. The van der Waals surface area contributed by atoms with Crippen LogP contribution < -0.4 is 5.32 Å². The number of hydrogen-bond donors (Lipinski definition) is 2. The van der Waals surface area contributed by atoms with Gasteiger partial charge in [-0.05, 0) is 24.6 Å². The number of rotatable bonds is 5. The number of carboxylic acids is 1. The number of aromatic nitrogens is 2. The SMILES string of the molecule is Cc1cccc(-n2ncc(C(=O)NCCC(=O)O)c2C(F)(F)F)c1. The number of carboxylic acid groups (broad SMARTS) is 1. The molecule has 0 aliphatic rings. The van der Waals surface area contributed by atoms with E-state index in [1.165, 1.54) is 12.1 Å². The zero-order valence-electron chi connectivity index (χ0n) is 12.6.